The number of aromatic amines is 1. The Morgan fingerprint density at radius 2 is 1.67 bits per heavy atom. The predicted molar refractivity (Wildman–Crippen MR) is 150 cm³/mol. The monoisotopic (exact) mass is 520 g/mol. The summed E-state index contributed by atoms with van der Waals surface area (Å²) >= 11 is 0. The minimum atomic E-state index is 0.0123. The molecule has 0 bridgehead atoms. The molecule has 0 amide bonds. The molecule has 0 spiro atoms. The van der Waals surface area contributed by atoms with E-state index in [4.69, 9.17) is 14.7 Å². The number of benzene rings is 3. The van der Waals surface area contributed by atoms with Crippen LogP contribution in [0.4, 0.5) is 0 Å². The van der Waals surface area contributed by atoms with Crippen molar-refractivity contribution in [3.8, 4) is 28.4 Å². The molecule has 198 valence electrons. The summed E-state index contributed by atoms with van der Waals surface area (Å²) in [5, 5.41) is 23.9. The molecular weight excluding hydrogens is 488 g/mol. The second-order valence-electron chi connectivity index (χ2n) is 9.55. The molecule has 2 heterocycles. The molecule has 39 heavy (non-hydrogen) atoms. The van der Waals surface area contributed by atoms with Crippen LogP contribution in [0.15, 0.2) is 72.8 Å². The number of hydrogen-bond acceptors (Lipinski definition) is 7. The maximum absolute atomic E-state index is 9.56. The zero-order valence-corrected chi connectivity index (χ0v) is 22.3. The molecule has 0 aliphatic rings. The Hall–Kier alpha value is -4.43. The molecule has 0 aliphatic heterocycles. The van der Waals surface area contributed by atoms with Gasteiger partial charge in [-0.05, 0) is 51.6 Å². The van der Waals surface area contributed by atoms with Gasteiger partial charge >= 0.3 is 0 Å². The highest BCUT2D eigenvalue weighted by Crippen LogP contribution is 2.30. The first-order chi connectivity index (χ1) is 19.1. The maximum Gasteiger partial charge on any atom is 0.220 e. The summed E-state index contributed by atoms with van der Waals surface area (Å²) in [6.07, 6.45) is 3.57. The molecule has 0 radical (unpaired) electrons. The summed E-state index contributed by atoms with van der Waals surface area (Å²) in [5.74, 6) is 2.06. The van der Waals surface area contributed by atoms with Crippen LogP contribution < -0.4 is 4.74 Å². The van der Waals surface area contributed by atoms with Gasteiger partial charge in [-0.1, -0.05) is 86.1 Å². The van der Waals surface area contributed by atoms with E-state index in [1.54, 1.807) is 0 Å². The van der Waals surface area contributed by atoms with Crippen molar-refractivity contribution in [3.05, 3.63) is 107 Å². The van der Waals surface area contributed by atoms with E-state index in [-0.39, 0.29) is 6.61 Å². The summed E-state index contributed by atoms with van der Waals surface area (Å²) < 4.78 is 6.35. The Morgan fingerprint density at radius 1 is 0.872 bits per heavy atom. The summed E-state index contributed by atoms with van der Waals surface area (Å²) in [4.78, 5) is 9.61. The Bertz CT molecular complexity index is 1520. The largest absolute Gasteiger partial charge is 0.472 e. The van der Waals surface area contributed by atoms with E-state index in [1.165, 1.54) is 0 Å². The Kier molecular flexibility index (Phi) is 8.33. The number of aliphatic hydroxyl groups is 1. The third-order valence-electron chi connectivity index (χ3n) is 6.70. The van der Waals surface area contributed by atoms with Crippen LogP contribution in [-0.2, 0) is 26.1 Å². The van der Waals surface area contributed by atoms with Gasteiger partial charge in [-0.25, -0.2) is 10.1 Å². The van der Waals surface area contributed by atoms with Crippen molar-refractivity contribution in [2.75, 3.05) is 0 Å². The van der Waals surface area contributed by atoms with Crippen molar-refractivity contribution in [1.82, 2.24) is 30.6 Å². The number of rotatable bonds is 11. The van der Waals surface area contributed by atoms with Gasteiger partial charge in [0.15, 0.2) is 5.82 Å². The van der Waals surface area contributed by atoms with Crippen LogP contribution in [0.5, 0.6) is 5.88 Å². The minimum Gasteiger partial charge on any atom is -0.472 e. The van der Waals surface area contributed by atoms with Crippen molar-refractivity contribution in [1.29, 1.82) is 0 Å². The first-order valence-electron chi connectivity index (χ1n) is 13.2. The number of tetrazole rings is 1. The highest BCUT2D eigenvalue weighted by Gasteiger charge is 2.15. The van der Waals surface area contributed by atoms with E-state index < -0.39 is 0 Å². The molecule has 5 aromatic rings. The van der Waals surface area contributed by atoms with E-state index in [2.05, 4.69) is 63.9 Å². The number of aryl methyl sites for hydroxylation is 2. The smallest absolute Gasteiger partial charge is 0.220 e. The number of hydrogen-bond donors (Lipinski definition) is 2. The van der Waals surface area contributed by atoms with Crippen LogP contribution in [0, 0.1) is 6.92 Å². The number of nitrogens with zero attached hydrogens (tertiary/aromatic N) is 5. The summed E-state index contributed by atoms with van der Waals surface area (Å²) in [7, 11) is 0. The average molecular weight is 521 g/mol. The molecule has 3 aromatic carbocycles. The molecule has 0 atom stereocenters. The van der Waals surface area contributed by atoms with Crippen LogP contribution in [0.2, 0.25) is 0 Å². The number of aliphatic hydroxyl groups excluding tert-OH is 1. The molecule has 2 N–H and O–H groups in total. The molecule has 8 heteroatoms. The number of nitrogens with one attached hydrogen (secondary N) is 1. The van der Waals surface area contributed by atoms with E-state index in [9.17, 15) is 5.11 Å². The maximum atomic E-state index is 9.56. The van der Waals surface area contributed by atoms with E-state index >= 15 is 0 Å². The van der Waals surface area contributed by atoms with E-state index in [0.29, 0.717) is 24.7 Å². The molecule has 0 saturated carbocycles. The quantitative estimate of drug-likeness (QED) is 0.232. The van der Waals surface area contributed by atoms with Crippen LogP contribution in [-0.4, -0.2) is 35.7 Å². The molecule has 0 saturated heterocycles. The van der Waals surface area contributed by atoms with Gasteiger partial charge in [0.05, 0.1) is 6.61 Å². The number of unbranched alkanes of at least 4 members (excludes halogenated alkanes) is 1. The van der Waals surface area contributed by atoms with Crippen LogP contribution >= 0.6 is 0 Å². The summed E-state index contributed by atoms with van der Waals surface area (Å²) in [5.41, 5.74) is 7.96. The number of H-pyrrole nitrogens is 1. The predicted octanol–water partition coefficient (Wildman–Crippen LogP) is 5.64. The first kappa shape index (κ1) is 26.2. The van der Waals surface area contributed by atoms with Crippen molar-refractivity contribution in [2.45, 2.75) is 52.7 Å². The third-order valence-corrected chi connectivity index (χ3v) is 6.70. The lowest BCUT2D eigenvalue weighted by Crippen LogP contribution is -2.09. The van der Waals surface area contributed by atoms with Gasteiger partial charge in [0.25, 0.3) is 0 Å². The minimum absolute atomic E-state index is 0.0123. The lowest BCUT2D eigenvalue weighted by atomic mass is 9.98. The van der Waals surface area contributed by atoms with Crippen LogP contribution in [0.3, 0.4) is 0 Å². The van der Waals surface area contributed by atoms with Gasteiger partial charge < -0.3 is 9.84 Å². The summed E-state index contributed by atoms with van der Waals surface area (Å²) in [6.45, 7) is 4.59. The van der Waals surface area contributed by atoms with Gasteiger partial charge in [-0.2, -0.15) is 4.98 Å². The lowest BCUT2D eigenvalue weighted by molar-refractivity contribution is 0.281. The van der Waals surface area contributed by atoms with Gasteiger partial charge in [-0.15, -0.1) is 5.10 Å². The van der Waals surface area contributed by atoms with Crippen molar-refractivity contribution < 1.29 is 9.84 Å². The zero-order chi connectivity index (χ0) is 27.0. The number of ether oxygens (including phenoxy) is 1. The van der Waals surface area contributed by atoms with E-state index in [1.807, 2.05) is 43.3 Å². The van der Waals surface area contributed by atoms with Gasteiger partial charge in [-0.3, -0.25) is 0 Å². The highest BCUT2D eigenvalue weighted by atomic mass is 16.5. The second-order valence-corrected chi connectivity index (χ2v) is 9.55. The standard InChI is InChI=1S/C31H32N6O2/c1-3-4-12-29-32-21(2)28(18-23-8-7-9-24(17-23)19-38)31(33-29)39-20-22-13-15-25(16-14-22)26-10-5-6-11-27(26)30-34-36-37-35-30/h5-11,13-17,38H,3-4,12,18-20H2,1-2H3,(H,34,35,36,37). The Morgan fingerprint density at radius 3 is 2.41 bits per heavy atom. The molecule has 5 rings (SSSR count). The van der Waals surface area contributed by atoms with Crippen LogP contribution in [0.1, 0.15) is 53.5 Å². The van der Waals surface area contributed by atoms with Crippen molar-refractivity contribution in [3.63, 3.8) is 0 Å². The number of aromatic nitrogens is 6. The van der Waals surface area contributed by atoms with Crippen molar-refractivity contribution >= 4 is 0 Å². The molecule has 0 unspecified atom stereocenters. The topological polar surface area (TPSA) is 110 Å². The highest BCUT2D eigenvalue weighted by molar-refractivity contribution is 5.80. The molecule has 8 nitrogen and oxygen atoms in total. The van der Waals surface area contributed by atoms with E-state index in [0.717, 1.165) is 69.7 Å². The second kappa shape index (κ2) is 12.4. The lowest BCUT2D eigenvalue weighted by Gasteiger charge is -2.15. The molecule has 0 fully saturated rings. The molecular formula is C31H32N6O2. The Balaban J connectivity index is 1.38. The average Bonchev–Trinajstić information content (AvgIpc) is 3.52. The van der Waals surface area contributed by atoms with Gasteiger partial charge in [0.1, 0.15) is 12.4 Å². The molecule has 0 aliphatic carbocycles. The summed E-state index contributed by atoms with van der Waals surface area (Å²) in [6, 6.07) is 24.3. The fourth-order valence-electron chi connectivity index (χ4n) is 4.58. The Labute approximate surface area is 228 Å². The first-order valence-corrected chi connectivity index (χ1v) is 13.2. The fourth-order valence-corrected chi connectivity index (χ4v) is 4.58. The SMILES string of the molecule is CCCCc1nc(C)c(Cc2cccc(CO)c2)c(OCc2ccc(-c3ccccc3-c3nnn[nH]3)cc2)n1. The fraction of sp³-hybridized carbons (Fsp3) is 0.258. The third kappa shape index (κ3) is 6.35. The molecule has 2 aromatic heterocycles. The van der Waals surface area contributed by atoms with Gasteiger partial charge in [0.2, 0.25) is 5.88 Å². The normalized spacial score (nSPS) is 11.1. The van der Waals surface area contributed by atoms with Crippen molar-refractivity contribution in [2.24, 2.45) is 0 Å². The van der Waals surface area contributed by atoms with Crippen LogP contribution in [0.25, 0.3) is 22.5 Å². The van der Waals surface area contributed by atoms with Gasteiger partial charge in [0, 0.05) is 29.7 Å². The zero-order valence-electron chi connectivity index (χ0n) is 22.3.